The molecule has 0 amide bonds. The van der Waals surface area contributed by atoms with Crippen molar-refractivity contribution in [2.75, 3.05) is 6.61 Å². The number of benzene rings is 2. The molecule has 3 aromatic rings. The zero-order valence-corrected chi connectivity index (χ0v) is 17.8. The van der Waals surface area contributed by atoms with Crippen LogP contribution < -0.4 is 9.74 Å². The molecule has 3 rings (SSSR count). The number of rotatable bonds is 6. The highest BCUT2D eigenvalue weighted by molar-refractivity contribution is 9.10. The molecule has 0 aliphatic carbocycles. The van der Waals surface area contributed by atoms with E-state index in [1.165, 1.54) is 36.4 Å². The zero-order chi connectivity index (χ0) is 21.9. The van der Waals surface area contributed by atoms with Gasteiger partial charge in [0, 0.05) is 4.47 Å². The Bertz CT molecular complexity index is 1240. The maximum atomic E-state index is 13.2. The second-order valence-electron chi connectivity index (χ2n) is 5.80. The fourth-order valence-corrected chi connectivity index (χ4v) is 3.57. The number of hydrogen-bond acceptors (Lipinski definition) is 7. The van der Waals surface area contributed by atoms with Crippen molar-refractivity contribution in [1.29, 1.82) is 0 Å². The molecule has 0 N–H and O–H groups in total. The lowest BCUT2D eigenvalue weighted by atomic mass is 10.3. The average molecular weight is 497 g/mol. The van der Waals surface area contributed by atoms with Gasteiger partial charge in [-0.3, -0.25) is 4.79 Å². The Kier molecular flexibility index (Phi) is 6.32. The molecule has 0 unspecified atom stereocenters. The van der Waals surface area contributed by atoms with Crippen LogP contribution in [-0.4, -0.2) is 30.8 Å². The van der Waals surface area contributed by atoms with E-state index in [-0.39, 0.29) is 17.2 Å². The van der Waals surface area contributed by atoms with E-state index >= 15 is 0 Å². The van der Waals surface area contributed by atoms with Gasteiger partial charge < -0.3 is 8.92 Å². The van der Waals surface area contributed by atoms with E-state index in [4.69, 9.17) is 8.92 Å². The van der Waals surface area contributed by atoms with Crippen LogP contribution >= 0.6 is 15.9 Å². The summed E-state index contributed by atoms with van der Waals surface area (Å²) in [7, 11) is -4.37. The molecule has 0 atom stereocenters. The SMILES string of the molecule is CCOC(=O)c1nn(-c2ccc(F)cc2)c(=O)cc1OS(=O)(=O)c1ccc(Br)cc1. The lowest BCUT2D eigenvalue weighted by molar-refractivity contribution is 0.0515. The van der Waals surface area contributed by atoms with E-state index in [1.54, 1.807) is 6.92 Å². The molecule has 11 heteroatoms. The van der Waals surface area contributed by atoms with Gasteiger partial charge in [0.25, 0.3) is 5.56 Å². The number of carbonyl (C=O) groups excluding carboxylic acids is 1. The van der Waals surface area contributed by atoms with Gasteiger partial charge in [-0.25, -0.2) is 9.18 Å². The number of nitrogens with zero attached hydrogens (tertiary/aromatic N) is 2. The van der Waals surface area contributed by atoms with Crippen LogP contribution in [0.1, 0.15) is 17.4 Å². The Morgan fingerprint density at radius 2 is 1.77 bits per heavy atom. The molecule has 1 heterocycles. The van der Waals surface area contributed by atoms with Gasteiger partial charge in [-0.15, -0.1) is 0 Å². The normalized spacial score (nSPS) is 11.2. The lowest BCUT2D eigenvalue weighted by Crippen LogP contribution is -2.26. The number of hydrogen-bond donors (Lipinski definition) is 0. The van der Waals surface area contributed by atoms with Gasteiger partial charge in [-0.05, 0) is 55.5 Å². The number of ether oxygens (including phenoxy) is 1. The third kappa shape index (κ3) is 4.74. The second-order valence-corrected chi connectivity index (χ2v) is 8.26. The average Bonchev–Trinajstić information content (AvgIpc) is 2.69. The van der Waals surface area contributed by atoms with Gasteiger partial charge in [-0.2, -0.15) is 18.2 Å². The molecule has 8 nitrogen and oxygen atoms in total. The third-order valence-electron chi connectivity index (χ3n) is 3.74. The highest BCUT2D eigenvalue weighted by Gasteiger charge is 2.25. The highest BCUT2D eigenvalue weighted by atomic mass is 79.9. The molecular formula is C19H14BrFN2O6S. The van der Waals surface area contributed by atoms with Crippen LogP contribution in [-0.2, 0) is 14.9 Å². The minimum absolute atomic E-state index is 0.0188. The van der Waals surface area contributed by atoms with Crippen LogP contribution in [0, 0.1) is 5.82 Å². The molecular weight excluding hydrogens is 483 g/mol. The summed E-state index contributed by atoms with van der Waals surface area (Å²) in [6.45, 7) is 1.53. The predicted octanol–water partition coefficient (Wildman–Crippen LogP) is 3.08. The first-order chi connectivity index (χ1) is 14.2. The topological polar surface area (TPSA) is 105 Å². The Morgan fingerprint density at radius 3 is 2.37 bits per heavy atom. The zero-order valence-electron chi connectivity index (χ0n) is 15.4. The van der Waals surface area contributed by atoms with E-state index in [9.17, 15) is 22.4 Å². The molecule has 1 aromatic heterocycles. The first kappa shape index (κ1) is 21.7. The van der Waals surface area contributed by atoms with Crippen LogP contribution in [0.15, 0.2) is 68.8 Å². The Labute approximate surface area is 179 Å². The number of esters is 1. The summed E-state index contributed by atoms with van der Waals surface area (Å²) in [4.78, 5) is 24.6. The van der Waals surface area contributed by atoms with E-state index in [0.717, 1.165) is 22.9 Å². The van der Waals surface area contributed by atoms with E-state index in [1.807, 2.05) is 0 Å². The van der Waals surface area contributed by atoms with Crippen LogP contribution in [0.4, 0.5) is 4.39 Å². The summed E-state index contributed by atoms with van der Waals surface area (Å²) in [6.07, 6.45) is 0. The van der Waals surface area contributed by atoms with Crippen molar-refractivity contribution >= 4 is 32.0 Å². The lowest BCUT2D eigenvalue weighted by Gasteiger charge is -2.12. The largest absolute Gasteiger partial charge is 0.461 e. The van der Waals surface area contributed by atoms with Crippen molar-refractivity contribution in [3.05, 3.63) is 80.9 Å². The van der Waals surface area contributed by atoms with E-state index < -0.39 is 38.9 Å². The van der Waals surface area contributed by atoms with Gasteiger partial charge in [0.1, 0.15) is 10.7 Å². The second kappa shape index (κ2) is 8.76. The Morgan fingerprint density at radius 1 is 1.13 bits per heavy atom. The molecule has 0 radical (unpaired) electrons. The highest BCUT2D eigenvalue weighted by Crippen LogP contribution is 2.23. The molecule has 0 spiro atoms. The summed E-state index contributed by atoms with van der Waals surface area (Å²) >= 11 is 3.20. The van der Waals surface area contributed by atoms with E-state index in [2.05, 4.69) is 21.0 Å². The molecule has 0 bridgehead atoms. The van der Waals surface area contributed by atoms with Crippen molar-refractivity contribution in [2.45, 2.75) is 11.8 Å². The summed E-state index contributed by atoms with van der Waals surface area (Å²) in [5.41, 5.74) is -1.16. The Hall–Kier alpha value is -3.05. The van der Waals surface area contributed by atoms with Crippen molar-refractivity contribution in [2.24, 2.45) is 0 Å². The van der Waals surface area contributed by atoms with Gasteiger partial charge >= 0.3 is 16.1 Å². The predicted molar refractivity (Wildman–Crippen MR) is 108 cm³/mol. The number of halogens is 2. The standard InChI is InChI=1S/C19H14BrFN2O6S/c1-2-28-19(25)18-16(29-30(26,27)15-9-3-12(20)4-10-15)11-17(24)23(22-18)14-7-5-13(21)6-8-14/h3-11H,2H2,1H3. The smallest absolute Gasteiger partial charge is 0.362 e. The van der Waals surface area contributed by atoms with Crippen LogP contribution in [0.25, 0.3) is 5.69 Å². The molecule has 0 aliphatic rings. The monoisotopic (exact) mass is 496 g/mol. The molecule has 0 aliphatic heterocycles. The maximum absolute atomic E-state index is 13.2. The van der Waals surface area contributed by atoms with Crippen LogP contribution in [0.3, 0.4) is 0 Å². The summed E-state index contributed by atoms with van der Waals surface area (Å²) in [5, 5.41) is 3.89. The molecule has 30 heavy (non-hydrogen) atoms. The van der Waals surface area contributed by atoms with Crippen molar-refractivity contribution in [1.82, 2.24) is 9.78 Å². The summed E-state index contributed by atoms with van der Waals surface area (Å²) in [6, 6.07) is 11.1. The van der Waals surface area contributed by atoms with Crippen molar-refractivity contribution in [3.63, 3.8) is 0 Å². The number of carbonyl (C=O) groups is 1. The first-order valence-corrected chi connectivity index (χ1v) is 10.7. The molecule has 0 saturated heterocycles. The number of aromatic nitrogens is 2. The molecule has 0 fully saturated rings. The fraction of sp³-hybridized carbons (Fsp3) is 0.105. The molecule has 0 saturated carbocycles. The summed E-state index contributed by atoms with van der Waals surface area (Å²) < 4.78 is 49.7. The maximum Gasteiger partial charge on any atom is 0.362 e. The van der Waals surface area contributed by atoms with Crippen molar-refractivity contribution in [3.8, 4) is 11.4 Å². The van der Waals surface area contributed by atoms with Crippen LogP contribution in [0.5, 0.6) is 5.75 Å². The van der Waals surface area contributed by atoms with Gasteiger partial charge in [0.05, 0.1) is 18.4 Å². The summed E-state index contributed by atoms with van der Waals surface area (Å²) in [5.74, 6) is -2.10. The molecule has 2 aromatic carbocycles. The quantitative estimate of drug-likeness (QED) is 0.381. The van der Waals surface area contributed by atoms with Gasteiger partial charge in [-0.1, -0.05) is 15.9 Å². The van der Waals surface area contributed by atoms with Crippen LogP contribution in [0.2, 0.25) is 0 Å². The first-order valence-electron chi connectivity index (χ1n) is 8.49. The minimum Gasteiger partial charge on any atom is -0.461 e. The van der Waals surface area contributed by atoms with Gasteiger partial charge in [0.2, 0.25) is 5.69 Å². The minimum atomic E-state index is -4.37. The molecule has 156 valence electrons. The van der Waals surface area contributed by atoms with Gasteiger partial charge in [0.15, 0.2) is 5.75 Å². The van der Waals surface area contributed by atoms with E-state index in [0.29, 0.717) is 4.47 Å². The third-order valence-corrected chi connectivity index (χ3v) is 5.52. The van der Waals surface area contributed by atoms with Crippen molar-refractivity contribution < 1.29 is 26.5 Å². The fourth-order valence-electron chi connectivity index (χ4n) is 2.38. The Balaban J connectivity index is 2.10.